The predicted octanol–water partition coefficient (Wildman–Crippen LogP) is 1.93. The van der Waals surface area contributed by atoms with Gasteiger partial charge in [0.25, 0.3) is 5.91 Å². The summed E-state index contributed by atoms with van der Waals surface area (Å²) in [7, 11) is 0. The van der Waals surface area contributed by atoms with Gasteiger partial charge >= 0.3 is 0 Å². The Hall–Kier alpha value is -2.48. The molecule has 0 bridgehead atoms. The second kappa shape index (κ2) is 7.64. The Morgan fingerprint density at radius 2 is 2.19 bits per heavy atom. The second-order valence-electron chi connectivity index (χ2n) is 7.13. The molecule has 1 atom stereocenters. The molecule has 2 aromatic rings. The summed E-state index contributed by atoms with van der Waals surface area (Å²) in [6.07, 6.45) is 9.96. The summed E-state index contributed by atoms with van der Waals surface area (Å²) in [5.74, 6) is 0.604. The number of amides is 1. The molecule has 1 amide bonds. The number of hydrogen-bond acceptors (Lipinski definition) is 6. The molecule has 0 aromatic carbocycles. The van der Waals surface area contributed by atoms with Crippen LogP contribution in [0.4, 0.5) is 0 Å². The minimum absolute atomic E-state index is 0.0485. The average Bonchev–Trinajstić information content (AvgIpc) is 3.18. The lowest BCUT2D eigenvalue weighted by molar-refractivity contribution is -0.135. The molecule has 2 aromatic heterocycles. The fourth-order valence-electron chi connectivity index (χ4n) is 3.99. The van der Waals surface area contributed by atoms with Crippen molar-refractivity contribution in [2.75, 3.05) is 19.7 Å². The van der Waals surface area contributed by atoms with Gasteiger partial charge in [0.05, 0.1) is 18.4 Å². The van der Waals surface area contributed by atoms with Crippen molar-refractivity contribution in [3.63, 3.8) is 0 Å². The summed E-state index contributed by atoms with van der Waals surface area (Å²) >= 11 is 0. The lowest BCUT2D eigenvalue weighted by Crippen LogP contribution is -2.52. The third-order valence-electron chi connectivity index (χ3n) is 5.47. The van der Waals surface area contributed by atoms with Gasteiger partial charge in [0, 0.05) is 51.1 Å². The van der Waals surface area contributed by atoms with Gasteiger partial charge in [-0.2, -0.15) is 5.10 Å². The number of rotatable bonds is 4. The van der Waals surface area contributed by atoms with Gasteiger partial charge in [0.2, 0.25) is 5.88 Å². The smallest absolute Gasteiger partial charge is 0.272 e. The van der Waals surface area contributed by atoms with Crippen molar-refractivity contribution in [2.45, 2.75) is 50.9 Å². The molecular formula is C19H25N5O3. The van der Waals surface area contributed by atoms with E-state index in [2.05, 4.69) is 15.1 Å². The molecule has 8 heteroatoms. The third-order valence-corrected chi connectivity index (χ3v) is 5.47. The highest BCUT2D eigenvalue weighted by molar-refractivity contribution is 5.92. The number of piperidine rings is 1. The lowest BCUT2D eigenvalue weighted by Gasteiger charge is -2.45. The predicted molar refractivity (Wildman–Crippen MR) is 97.4 cm³/mol. The molecule has 0 N–H and O–H groups in total. The normalized spacial score (nSPS) is 22.0. The lowest BCUT2D eigenvalue weighted by atomic mass is 9.83. The monoisotopic (exact) mass is 371 g/mol. The van der Waals surface area contributed by atoms with Crippen LogP contribution in [-0.2, 0) is 11.3 Å². The summed E-state index contributed by atoms with van der Waals surface area (Å²) in [5, 5.41) is 4.20. The van der Waals surface area contributed by atoms with Gasteiger partial charge in [-0.3, -0.25) is 14.5 Å². The highest BCUT2D eigenvalue weighted by Crippen LogP contribution is 2.36. The number of ether oxygens (including phenoxy) is 2. The Labute approximate surface area is 158 Å². The maximum absolute atomic E-state index is 12.8. The van der Waals surface area contributed by atoms with Crippen molar-refractivity contribution < 1.29 is 14.3 Å². The van der Waals surface area contributed by atoms with Gasteiger partial charge in [0.15, 0.2) is 0 Å². The van der Waals surface area contributed by atoms with Crippen LogP contribution < -0.4 is 4.74 Å². The number of carbonyl (C=O) groups excluding carboxylic acids is 1. The third kappa shape index (κ3) is 3.80. The van der Waals surface area contributed by atoms with E-state index in [0.29, 0.717) is 37.8 Å². The highest BCUT2D eigenvalue weighted by atomic mass is 16.5. The number of nitrogens with zero attached hydrogens (tertiary/aromatic N) is 5. The standard InChI is InChI=1S/C19H25N5O3/c1-2-24-16(3-7-22-24)18(25)23-10-5-19(6-11-23)13-15(4-12-26-19)27-17-14-20-8-9-21-17/h3,7-9,14-15H,2,4-6,10-13H2,1H3. The highest BCUT2D eigenvalue weighted by Gasteiger charge is 2.42. The van der Waals surface area contributed by atoms with E-state index in [-0.39, 0.29) is 17.6 Å². The molecular weight excluding hydrogens is 346 g/mol. The largest absolute Gasteiger partial charge is 0.473 e. The molecule has 0 aliphatic carbocycles. The molecule has 8 nitrogen and oxygen atoms in total. The summed E-state index contributed by atoms with van der Waals surface area (Å²) in [5.41, 5.74) is 0.439. The van der Waals surface area contributed by atoms with Gasteiger partial charge in [-0.15, -0.1) is 0 Å². The van der Waals surface area contributed by atoms with Crippen molar-refractivity contribution in [1.29, 1.82) is 0 Å². The van der Waals surface area contributed by atoms with Crippen LogP contribution in [0.15, 0.2) is 30.9 Å². The molecule has 0 saturated carbocycles. The van der Waals surface area contributed by atoms with E-state index in [1.54, 1.807) is 35.5 Å². The number of aromatic nitrogens is 4. The quantitative estimate of drug-likeness (QED) is 0.817. The van der Waals surface area contributed by atoms with Crippen LogP contribution in [0, 0.1) is 0 Å². The van der Waals surface area contributed by atoms with Crippen molar-refractivity contribution in [3.8, 4) is 5.88 Å². The molecule has 2 aliphatic heterocycles. The Morgan fingerprint density at radius 3 is 2.93 bits per heavy atom. The molecule has 2 fully saturated rings. The first-order chi connectivity index (χ1) is 13.2. The minimum atomic E-state index is -0.215. The van der Waals surface area contributed by atoms with Crippen LogP contribution in [0.1, 0.15) is 43.1 Å². The first kappa shape index (κ1) is 17.9. The minimum Gasteiger partial charge on any atom is -0.473 e. The Balaban J connectivity index is 1.37. The SMILES string of the molecule is CCn1nccc1C(=O)N1CCC2(CC1)CC(Oc1cnccn1)CCO2. The molecule has 0 radical (unpaired) electrons. The van der Waals surface area contributed by atoms with Gasteiger partial charge in [-0.1, -0.05) is 0 Å². The number of likely N-dealkylation sites (tertiary alicyclic amines) is 1. The van der Waals surface area contributed by atoms with Crippen LogP contribution in [-0.4, -0.2) is 62.0 Å². The molecule has 144 valence electrons. The van der Waals surface area contributed by atoms with Crippen molar-refractivity contribution in [2.24, 2.45) is 0 Å². The van der Waals surface area contributed by atoms with E-state index in [0.717, 1.165) is 25.7 Å². The molecule has 1 unspecified atom stereocenters. The molecule has 2 saturated heterocycles. The van der Waals surface area contributed by atoms with Crippen LogP contribution in [0.2, 0.25) is 0 Å². The van der Waals surface area contributed by atoms with Gasteiger partial charge in [0.1, 0.15) is 11.8 Å². The first-order valence-electron chi connectivity index (χ1n) is 9.57. The van der Waals surface area contributed by atoms with Crippen molar-refractivity contribution in [1.82, 2.24) is 24.6 Å². The van der Waals surface area contributed by atoms with Crippen LogP contribution in [0.5, 0.6) is 5.88 Å². The van der Waals surface area contributed by atoms with Crippen LogP contribution in [0.25, 0.3) is 0 Å². The summed E-state index contributed by atoms with van der Waals surface area (Å²) < 4.78 is 13.9. The maximum Gasteiger partial charge on any atom is 0.272 e. The summed E-state index contributed by atoms with van der Waals surface area (Å²) in [6.45, 7) is 4.72. The molecule has 4 rings (SSSR count). The van der Waals surface area contributed by atoms with E-state index in [9.17, 15) is 4.79 Å². The molecule has 4 heterocycles. The number of aryl methyl sites for hydroxylation is 1. The molecule has 2 aliphatic rings. The second-order valence-corrected chi connectivity index (χ2v) is 7.13. The summed E-state index contributed by atoms with van der Waals surface area (Å²) in [4.78, 5) is 23.0. The van der Waals surface area contributed by atoms with Crippen molar-refractivity contribution in [3.05, 3.63) is 36.5 Å². The fraction of sp³-hybridized carbons (Fsp3) is 0.579. The zero-order valence-corrected chi connectivity index (χ0v) is 15.6. The Morgan fingerprint density at radius 1 is 1.33 bits per heavy atom. The van der Waals surface area contributed by atoms with Crippen LogP contribution in [0.3, 0.4) is 0 Å². The fourth-order valence-corrected chi connectivity index (χ4v) is 3.99. The van der Waals surface area contributed by atoms with E-state index in [1.165, 1.54) is 0 Å². The zero-order chi connectivity index (χ0) is 18.7. The van der Waals surface area contributed by atoms with Gasteiger partial charge in [-0.25, -0.2) is 4.98 Å². The summed E-state index contributed by atoms with van der Waals surface area (Å²) in [6, 6.07) is 1.79. The maximum atomic E-state index is 12.8. The van der Waals surface area contributed by atoms with Crippen molar-refractivity contribution >= 4 is 5.91 Å². The zero-order valence-electron chi connectivity index (χ0n) is 15.6. The van der Waals surface area contributed by atoms with Crippen LogP contribution >= 0.6 is 0 Å². The van der Waals surface area contributed by atoms with E-state index in [4.69, 9.17) is 9.47 Å². The van der Waals surface area contributed by atoms with Gasteiger partial charge < -0.3 is 14.4 Å². The van der Waals surface area contributed by atoms with E-state index < -0.39 is 0 Å². The van der Waals surface area contributed by atoms with Gasteiger partial charge in [-0.05, 0) is 25.8 Å². The number of carbonyl (C=O) groups is 1. The molecule has 1 spiro atoms. The Kier molecular flexibility index (Phi) is 5.07. The average molecular weight is 371 g/mol. The van der Waals surface area contributed by atoms with E-state index >= 15 is 0 Å². The molecule has 27 heavy (non-hydrogen) atoms. The first-order valence-corrected chi connectivity index (χ1v) is 9.57. The Bertz CT molecular complexity index is 771. The topological polar surface area (TPSA) is 82.4 Å². The number of hydrogen-bond donors (Lipinski definition) is 0. The van der Waals surface area contributed by atoms with E-state index in [1.807, 2.05) is 11.8 Å².